The molecule has 7 nitrogen and oxygen atoms in total. The molecule has 1 aliphatic heterocycles. The van der Waals surface area contributed by atoms with Gasteiger partial charge in [0.2, 0.25) is 5.95 Å². The van der Waals surface area contributed by atoms with Crippen molar-refractivity contribution in [2.45, 2.75) is 18.6 Å². The minimum Gasteiger partial charge on any atom is -0.338 e. The molecule has 4 rings (SSSR count). The molecule has 0 amide bonds. The summed E-state index contributed by atoms with van der Waals surface area (Å²) in [4.78, 5) is 13.5. The van der Waals surface area contributed by atoms with E-state index in [9.17, 15) is 0 Å². The van der Waals surface area contributed by atoms with Crippen LogP contribution in [0, 0.1) is 6.92 Å². The van der Waals surface area contributed by atoms with Gasteiger partial charge in [0.15, 0.2) is 5.79 Å². The zero-order valence-electron chi connectivity index (χ0n) is 14.9. The summed E-state index contributed by atoms with van der Waals surface area (Å²) in [6.45, 7) is 7.70. The fourth-order valence-electron chi connectivity index (χ4n) is 3.84. The van der Waals surface area contributed by atoms with Gasteiger partial charge < -0.3 is 9.47 Å². The predicted molar refractivity (Wildman–Crippen MR) is 100 cm³/mol. The van der Waals surface area contributed by atoms with Crippen LogP contribution in [0.25, 0.3) is 0 Å². The van der Waals surface area contributed by atoms with Crippen molar-refractivity contribution in [2.24, 2.45) is 0 Å². The third-order valence-corrected chi connectivity index (χ3v) is 5.02. The van der Waals surface area contributed by atoms with Crippen molar-refractivity contribution in [3.8, 4) is 0 Å². The van der Waals surface area contributed by atoms with E-state index in [4.69, 9.17) is 0 Å². The first-order chi connectivity index (χ1) is 12.8. The Morgan fingerprint density at radius 1 is 0.885 bits per heavy atom. The first-order valence-corrected chi connectivity index (χ1v) is 9.04. The van der Waals surface area contributed by atoms with Gasteiger partial charge in [0, 0.05) is 69.8 Å². The average molecular weight is 350 g/mol. The van der Waals surface area contributed by atoms with Crippen LogP contribution >= 0.6 is 0 Å². The number of nitrogens with zero attached hydrogens (tertiary/aromatic N) is 7. The van der Waals surface area contributed by atoms with Crippen molar-refractivity contribution in [1.82, 2.24) is 29.2 Å². The summed E-state index contributed by atoms with van der Waals surface area (Å²) in [5, 5.41) is 4.60. The molecular weight excluding hydrogens is 326 g/mol. The van der Waals surface area contributed by atoms with Crippen LogP contribution in [0.1, 0.15) is 12.8 Å². The van der Waals surface area contributed by atoms with Gasteiger partial charge in [0.05, 0.1) is 0 Å². The maximum atomic E-state index is 4.60. The molecule has 1 saturated heterocycles. The van der Waals surface area contributed by atoms with E-state index in [0.717, 1.165) is 45.0 Å². The van der Waals surface area contributed by atoms with E-state index in [1.807, 2.05) is 24.5 Å². The van der Waals surface area contributed by atoms with Gasteiger partial charge in [0.25, 0.3) is 0 Å². The van der Waals surface area contributed by atoms with Crippen LogP contribution in [-0.4, -0.2) is 55.4 Å². The van der Waals surface area contributed by atoms with E-state index < -0.39 is 0 Å². The molecule has 135 valence electrons. The van der Waals surface area contributed by atoms with E-state index in [1.54, 1.807) is 12.4 Å². The highest BCUT2D eigenvalue weighted by molar-refractivity contribution is 5.29. The second-order valence-electron chi connectivity index (χ2n) is 6.44. The maximum absolute atomic E-state index is 4.60. The van der Waals surface area contributed by atoms with Crippen molar-refractivity contribution < 1.29 is 0 Å². The second-order valence-corrected chi connectivity index (χ2v) is 6.44. The monoisotopic (exact) mass is 350 g/mol. The van der Waals surface area contributed by atoms with Gasteiger partial charge in [0.1, 0.15) is 0 Å². The van der Waals surface area contributed by atoms with Crippen LogP contribution in [0.5, 0.6) is 0 Å². The van der Waals surface area contributed by atoms with E-state index in [2.05, 4.69) is 65.6 Å². The van der Waals surface area contributed by atoms with Gasteiger partial charge >= 0.3 is 0 Å². The zero-order chi connectivity index (χ0) is 17.8. The van der Waals surface area contributed by atoms with Gasteiger partial charge in [-0.25, -0.2) is 14.6 Å². The van der Waals surface area contributed by atoms with Gasteiger partial charge in [-0.15, -0.1) is 0 Å². The van der Waals surface area contributed by atoms with E-state index in [-0.39, 0.29) is 5.79 Å². The molecule has 1 fully saturated rings. The fourth-order valence-corrected chi connectivity index (χ4v) is 3.84. The first-order valence-electron chi connectivity index (χ1n) is 9.04. The quantitative estimate of drug-likeness (QED) is 0.681. The number of aromatic nitrogens is 5. The fraction of sp³-hybridized carbons (Fsp3) is 0.368. The third-order valence-electron chi connectivity index (χ3n) is 5.02. The summed E-state index contributed by atoms with van der Waals surface area (Å²) in [5.41, 5.74) is 0. The highest BCUT2D eigenvalue weighted by Crippen LogP contribution is 2.31. The third kappa shape index (κ3) is 2.88. The van der Waals surface area contributed by atoms with Crippen molar-refractivity contribution >= 4 is 5.95 Å². The summed E-state index contributed by atoms with van der Waals surface area (Å²) < 4.78 is 4.31. The van der Waals surface area contributed by atoms with Crippen molar-refractivity contribution in [3.05, 3.63) is 68.4 Å². The summed E-state index contributed by atoms with van der Waals surface area (Å²) in [6.07, 6.45) is 13.4. The highest BCUT2D eigenvalue weighted by atomic mass is 15.6. The number of rotatable bonds is 6. The lowest BCUT2D eigenvalue weighted by molar-refractivity contribution is -0.0337. The normalized spacial score (nSPS) is 18.0. The molecule has 0 saturated carbocycles. The van der Waals surface area contributed by atoms with Crippen LogP contribution < -0.4 is 4.90 Å². The van der Waals surface area contributed by atoms with Gasteiger partial charge in [-0.3, -0.25) is 4.90 Å². The molecule has 26 heavy (non-hydrogen) atoms. The molecule has 4 heterocycles. The lowest BCUT2D eigenvalue weighted by atomic mass is 10.1. The minimum absolute atomic E-state index is 0.377. The Morgan fingerprint density at radius 2 is 1.62 bits per heavy atom. The smallest absolute Gasteiger partial charge is 0.225 e. The Labute approximate surface area is 153 Å². The van der Waals surface area contributed by atoms with Crippen LogP contribution in [-0.2, 0) is 5.79 Å². The standard InChI is InChI=1S/C19H24N7/c1-2-7-19(24-11-3-4-12-24,26-13-6-10-22-26)25-16-14-23(15-17-25)18-20-8-5-9-21-18/h3-6,8-13H,1-2,7,14-17H2. The molecule has 1 radical (unpaired) electrons. The lowest BCUT2D eigenvalue weighted by Gasteiger charge is -2.48. The Hall–Kier alpha value is -2.67. The van der Waals surface area contributed by atoms with Crippen LogP contribution in [0.4, 0.5) is 5.95 Å². The molecular formula is C19H24N7. The second kappa shape index (κ2) is 7.29. The number of anilines is 1. The molecule has 0 spiro atoms. The van der Waals surface area contributed by atoms with Gasteiger partial charge in [-0.05, 0) is 30.7 Å². The Morgan fingerprint density at radius 3 is 2.23 bits per heavy atom. The van der Waals surface area contributed by atoms with Crippen molar-refractivity contribution in [1.29, 1.82) is 0 Å². The molecule has 1 atom stereocenters. The lowest BCUT2D eigenvalue weighted by Crippen LogP contribution is -2.61. The molecule has 0 aromatic carbocycles. The van der Waals surface area contributed by atoms with Crippen LogP contribution in [0.2, 0.25) is 0 Å². The van der Waals surface area contributed by atoms with E-state index in [1.165, 1.54) is 0 Å². The Kier molecular flexibility index (Phi) is 4.71. The summed E-state index contributed by atoms with van der Waals surface area (Å²) in [6, 6.07) is 7.96. The molecule has 7 heteroatoms. The Balaban J connectivity index is 1.64. The molecule has 1 aliphatic rings. The highest BCUT2D eigenvalue weighted by Gasteiger charge is 2.41. The van der Waals surface area contributed by atoms with Gasteiger partial charge in [-0.1, -0.05) is 6.92 Å². The van der Waals surface area contributed by atoms with Crippen molar-refractivity contribution in [2.75, 3.05) is 31.1 Å². The van der Waals surface area contributed by atoms with Gasteiger partial charge in [-0.2, -0.15) is 5.10 Å². The summed E-state index contributed by atoms with van der Waals surface area (Å²) in [5.74, 6) is 0.424. The molecule has 3 aromatic heterocycles. The first kappa shape index (κ1) is 16.8. The minimum atomic E-state index is -0.377. The zero-order valence-corrected chi connectivity index (χ0v) is 14.9. The SMILES string of the molecule is [CH2]CCC(N1CCN(c2ncccn2)CC1)(n1cccc1)n1cccn1. The molecule has 1 unspecified atom stereocenters. The topological polar surface area (TPSA) is 55.0 Å². The Bertz CT molecular complexity index is 740. The molecule has 3 aromatic rings. The molecule has 0 aliphatic carbocycles. The number of hydrogen-bond acceptors (Lipinski definition) is 5. The van der Waals surface area contributed by atoms with E-state index >= 15 is 0 Å². The molecule has 0 bridgehead atoms. The van der Waals surface area contributed by atoms with E-state index in [0.29, 0.717) is 0 Å². The average Bonchev–Trinajstić information content (AvgIpc) is 3.41. The largest absolute Gasteiger partial charge is 0.338 e. The summed E-state index contributed by atoms with van der Waals surface area (Å²) in [7, 11) is 0. The molecule has 0 N–H and O–H groups in total. The summed E-state index contributed by atoms with van der Waals surface area (Å²) >= 11 is 0. The van der Waals surface area contributed by atoms with Crippen LogP contribution in [0.15, 0.2) is 61.4 Å². The van der Waals surface area contributed by atoms with Crippen molar-refractivity contribution in [3.63, 3.8) is 0 Å². The number of piperazine rings is 1. The number of hydrogen-bond donors (Lipinski definition) is 0. The predicted octanol–water partition coefficient (Wildman–Crippen LogP) is 2.07. The van der Waals surface area contributed by atoms with Crippen LogP contribution in [0.3, 0.4) is 0 Å². The maximum Gasteiger partial charge on any atom is 0.225 e.